The van der Waals surface area contributed by atoms with Crippen molar-refractivity contribution in [1.29, 1.82) is 0 Å². The Morgan fingerprint density at radius 2 is 1.77 bits per heavy atom. The molecule has 0 atom stereocenters. The van der Waals surface area contributed by atoms with Gasteiger partial charge in [-0.2, -0.15) is 5.10 Å². The summed E-state index contributed by atoms with van der Waals surface area (Å²) in [6.45, 7) is 0.329. The maximum Gasteiger partial charge on any atom is 0.261 e. The molecular formula is C16H15N3O3. The van der Waals surface area contributed by atoms with Gasteiger partial charge in [-0.15, -0.1) is 0 Å². The molecule has 1 aromatic heterocycles. The molecule has 6 nitrogen and oxygen atoms in total. The Morgan fingerprint density at radius 3 is 2.36 bits per heavy atom. The minimum absolute atomic E-state index is 0.249. The van der Waals surface area contributed by atoms with Crippen LogP contribution in [0, 0.1) is 0 Å². The lowest BCUT2D eigenvalue weighted by Gasteiger charge is -2.13. The minimum atomic E-state index is -0.249. The highest BCUT2D eigenvalue weighted by Crippen LogP contribution is 2.22. The van der Waals surface area contributed by atoms with E-state index in [4.69, 9.17) is 0 Å². The number of carbonyl (C=O) groups excluding carboxylic acids is 3. The van der Waals surface area contributed by atoms with Crippen LogP contribution in [0.1, 0.15) is 43.2 Å². The minimum Gasteiger partial charge on any atom is -0.298 e. The van der Waals surface area contributed by atoms with Gasteiger partial charge in [0.25, 0.3) is 11.8 Å². The lowest BCUT2D eigenvalue weighted by atomic mass is 10.1. The van der Waals surface area contributed by atoms with Gasteiger partial charge >= 0.3 is 0 Å². The Labute approximate surface area is 127 Å². The second-order valence-corrected chi connectivity index (χ2v) is 5.20. The number of nitrogens with zero attached hydrogens (tertiary/aromatic N) is 3. The Bertz CT molecular complexity index is 729. The van der Waals surface area contributed by atoms with Gasteiger partial charge in [0.2, 0.25) is 0 Å². The Kier molecular flexibility index (Phi) is 3.58. The van der Waals surface area contributed by atoms with Crippen LogP contribution in [-0.4, -0.2) is 39.3 Å². The molecule has 0 N–H and O–H groups in total. The highest BCUT2D eigenvalue weighted by Gasteiger charge is 2.34. The fourth-order valence-electron chi connectivity index (χ4n) is 2.73. The van der Waals surface area contributed by atoms with Crippen LogP contribution in [0.25, 0.3) is 0 Å². The number of fused-ring (bicyclic) bond motifs is 1. The SMILES string of the molecule is Cn1ncc(C=O)c1CCCN1C(=O)c2ccccc2C1=O. The third-order valence-corrected chi connectivity index (χ3v) is 3.89. The van der Waals surface area contributed by atoms with Crippen molar-refractivity contribution in [3.05, 3.63) is 52.8 Å². The fraction of sp³-hybridized carbons (Fsp3) is 0.250. The van der Waals surface area contributed by atoms with Gasteiger partial charge < -0.3 is 0 Å². The van der Waals surface area contributed by atoms with Crippen LogP contribution in [-0.2, 0) is 13.5 Å². The molecule has 0 saturated carbocycles. The highest BCUT2D eigenvalue weighted by molar-refractivity contribution is 6.21. The number of carbonyl (C=O) groups is 3. The molecule has 0 saturated heterocycles. The van der Waals surface area contributed by atoms with Crippen LogP contribution >= 0.6 is 0 Å². The van der Waals surface area contributed by atoms with E-state index in [-0.39, 0.29) is 11.8 Å². The lowest BCUT2D eigenvalue weighted by Crippen LogP contribution is -2.31. The molecule has 112 valence electrons. The summed E-state index contributed by atoms with van der Waals surface area (Å²) in [5, 5.41) is 4.04. The first-order valence-corrected chi connectivity index (χ1v) is 7.04. The van der Waals surface area contributed by atoms with E-state index in [1.54, 1.807) is 36.0 Å². The zero-order chi connectivity index (χ0) is 15.7. The average Bonchev–Trinajstić information content (AvgIpc) is 3.01. The van der Waals surface area contributed by atoms with Gasteiger partial charge in [-0.25, -0.2) is 0 Å². The van der Waals surface area contributed by atoms with Gasteiger partial charge in [0.15, 0.2) is 6.29 Å². The van der Waals surface area contributed by atoms with Crippen LogP contribution in [0.15, 0.2) is 30.5 Å². The van der Waals surface area contributed by atoms with Crippen molar-refractivity contribution in [2.24, 2.45) is 7.05 Å². The Hall–Kier alpha value is -2.76. The van der Waals surface area contributed by atoms with Gasteiger partial charge in [-0.1, -0.05) is 12.1 Å². The second-order valence-electron chi connectivity index (χ2n) is 5.20. The summed E-state index contributed by atoms with van der Waals surface area (Å²) < 4.78 is 1.64. The first kappa shape index (κ1) is 14.2. The zero-order valence-electron chi connectivity index (χ0n) is 12.2. The molecule has 0 radical (unpaired) electrons. The molecule has 0 fully saturated rings. The van der Waals surface area contributed by atoms with Gasteiger partial charge in [0.05, 0.1) is 22.9 Å². The molecule has 2 aromatic rings. The Balaban J connectivity index is 1.68. The third kappa shape index (κ3) is 2.22. The van der Waals surface area contributed by atoms with E-state index in [1.165, 1.54) is 11.1 Å². The number of hydrogen-bond acceptors (Lipinski definition) is 4. The van der Waals surface area contributed by atoms with Gasteiger partial charge in [0, 0.05) is 19.3 Å². The molecule has 3 rings (SSSR count). The first-order valence-electron chi connectivity index (χ1n) is 7.04. The summed E-state index contributed by atoms with van der Waals surface area (Å²) in [7, 11) is 1.77. The van der Waals surface area contributed by atoms with Crippen molar-refractivity contribution in [3.63, 3.8) is 0 Å². The monoisotopic (exact) mass is 297 g/mol. The number of aldehydes is 1. The van der Waals surface area contributed by atoms with Crippen LogP contribution in [0.3, 0.4) is 0 Å². The van der Waals surface area contributed by atoms with Gasteiger partial charge in [0.1, 0.15) is 0 Å². The Morgan fingerprint density at radius 1 is 1.14 bits per heavy atom. The molecule has 2 amide bonds. The van der Waals surface area contributed by atoms with E-state index in [9.17, 15) is 14.4 Å². The quantitative estimate of drug-likeness (QED) is 0.618. The number of aromatic nitrogens is 2. The molecule has 0 bridgehead atoms. The topological polar surface area (TPSA) is 72.3 Å². The van der Waals surface area contributed by atoms with E-state index < -0.39 is 0 Å². The molecule has 22 heavy (non-hydrogen) atoms. The molecule has 0 unspecified atom stereocenters. The van der Waals surface area contributed by atoms with E-state index >= 15 is 0 Å². The number of hydrogen-bond donors (Lipinski definition) is 0. The molecule has 1 aromatic carbocycles. The van der Waals surface area contributed by atoms with Crippen molar-refractivity contribution in [3.8, 4) is 0 Å². The number of imide groups is 1. The zero-order valence-corrected chi connectivity index (χ0v) is 12.2. The lowest BCUT2D eigenvalue weighted by molar-refractivity contribution is 0.0652. The summed E-state index contributed by atoms with van der Waals surface area (Å²) in [6, 6.07) is 6.83. The summed E-state index contributed by atoms with van der Waals surface area (Å²) in [5.41, 5.74) is 2.28. The summed E-state index contributed by atoms with van der Waals surface area (Å²) in [4.78, 5) is 36.6. The van der Waals surface area contributed by atoms with Crippen molar-refractivity contribution in [2.75, 3.05) is 6.54 Å². The normalized spacial score (nSPS) is 13.6. The maximum absolute atomic E-state index is 12.2. The molecule has 2 heterocycles. The standard InChI is InChI=1S/C16H15N3O3/c1-18-14(11(10-20)9-17-18)7-4-8-19-15(21)12-5-2-3-6-13(12)16(19)22/h2-3,5-6,9-10H,4,7-8H2,1H3. The van der Waals surface area contributed by atoms with Crippen LogP contribution < -0.4 is 0 Å². The van der Waals surface area contributed by atoms with E-state index in [0.717, 1.165) is 12.0 Å². The third-order valence-electron chi connectivity index (χ3n) is 3.89. The number of rotatable bonds is 5. The summed E-state index contributed by atoms with van der Waals surface area (Å²) in [5.74, 6) is -0.498. The average molecular weight is 297 g/mol. The van der Waals surface area contributed by atoms with Crippen molar-refractivity contribution in [2.45, 2.75) is 12.8 Å². The molecule has 1 aliphatic rings. The second kappa shape index (κ2) is 5.55. The van der Waals surface area contributed by atoms with Crippen LogP contribution in [0.5, 0.6) is 0 Å². The van der Waals surface area contributed by atoms with Gasteiger partial charge in [-0.3, -0.25) is 24.0 Å². The van der Waals surface area contributed by atoms with Crippen molar-refractivity contribution in [1.82, 2.24) is 14.7 Å². The van der Waals surface area contributed by atoms with Crippen LogP contribution in [0.4, 0.5) is 0 Å². The number of benzene rings is 1. The molecule has 6 heteroatoms. The van der Waals surface area contributed by atoms with E-state index in [0.29, 0.717) is 36.1 Å². The predicted molar refractivity (Wildman–Crippen MR) is 78.7 cm³/mol. The molecule has 0 aliphatic carbocycles. The fourth-order valence-corrected chi connectivity index (χ4v) is 2.73. The van der Waals surface area contributed by atoms with Crippen molar-refractivity contribution < 1.29 is 14.4 Å². The van der Waals surface area contributed by atoms with E-state index in [1.807, 2.05) is 0 Å². The highest BCUT2D eigenvalue weighted by atomic mass is 16.2. The molecular weight excluding hydrogens is 282 g/mol. The van der Waals surface area contributed by atoms with E-state index in [2.05, 4.69) is 5.10 Å². The van der Waals surface area contributed by atoms with Gasteiger partial charge in [-0.05, 0) is 25.0 Å². The summed E-state index contributed by atoms with van der Waals surface area (Å²) >= 11 is 0. The predicted octanol–water partition coefficient (Wildman–Crippen LogP) is 1.46. The smallest absolute Gasteiger partial charge is 0.261 e. The maximum atomic E-state index is 12.2. The first-order chi connectivity index (χ1) is 10.6. The number of aryl methyl sites for hydroxylation is 1. The van der Waals surface area contributed by atoms with Crippen molar-refractivity contribution >= 4 is 18.1 Å². The largest absolute Gasteiger partial charge is 0.298 e. The van der Waals surface area contributed by atoms with Crippen LogP contribution in [0.2, 0.25) is 0 Å². The molecule has 1 aliphatic heterocycles. The molecule has 0 spiro atoms. The number of amides is 2. The summed E-state index contributed by atoms with van der Waals surface area (Å²) in [6.07, 6.45) is 3.46.